The van der Waals surface area contributed by atoms with E-state index in [9.17, 15) is 8.78 Å². The molecule has 0 atom stereocenters. The number of anilines is 2. The molecule has 0 aliphatic heterocycles. The van der Waals surface area contributed by atoms with Gasteiger partial charge in [-0.05, 0) is 24.6 Å². The molecule has 0 saturated heterocycles. The van der Waals surface area contributed by atoms with Crippen molar-refractivity contribution in [3.8, 4) is 5.75 Å². The fourth-order valence-electron chi connectivity index (χ4n) is 2.42. The molecule has 0 aliphatic rings. The van der Waals surface area contributed by atoms with Crippen molar-refractivity contribution in [2.24, 2.45) is 7.05 Å². The van der Waals surface area contributed by atoms with Crippen LogP contribution >= 0.6 is 0 Å². The van der Waals surface area contributed by atoms with Crippen molar-refractivity contribution in [1.82, 2.24) is 14.5 Å². The number of fused-ring (bicyclic) bond motifs is 1. The van der Waals surface area contributed by atoms with Crippen LogP contribution in [0.5, 0.6) is 5.75 Å². The molecule has 0 radical (unpaired) electrons. The average molecular weight is 318 g/mol. The third kappa shape index (κ3) is 2.94. The number of alkyl halides is 2. The summed E-state index contributed by atoms with van der Waals surface area (Å²) in [7, 11) is 3.64. The maximum Gasteiger partial charge on any atom is 0.387 e. The summed E-state index contributed by atoms with van der Waals surface area (Å²) in [5.41, 5.74) is 3.04. The molecule has 0 N–H and O–H groups in total. The van der Waals surface area contributed by atoms with E-state index in [0.29, 0.717) is 11.5 Å². The van der Waals surface area contributed by atoms with Crippen LogP contribution in [-0.4, -0.2) is 28.2 Å². The van der Waals surface area contributed by atoms with Crippen molar-refractivity contribution in [2.45, 2.75) is 13.5 Å². The number of imidazole rings is 1. The highest BCUT2D eigenvalue weighted by Crippen LogP contribution is 2.34. The number of benzene rings is 1. The van der Waals surface area contributed by atoms with Crippen molar-refractivity contribution in [1.29, 1.82) is 0 Å². The maximum absolute atomic E-state index is 12.6. The molecule has 5 nitrogen and oxygen atoms in total. The third-order valence-electron chi connectivity index (χ3n) is 3.63. The zero-order chi connectivity index (χ0) is 16.6. The topological polar surface area (TPSA) is 43.2 Å². The van der Waals surface area contributed by atoms with Gasteiger partial charge >= 0.3 is 6.61 Å². The number of aryl methyl sites for hydroxylation is 2. The van der Waals surface area contributed by atoms with E-state index in [4.69, 9.17) is 0 Å². The van der Waals surface area contributed by atoms with Gasteiger partial charge < -0.3 is 14.2 Å². The van der Waals surface area contributed by atoms with E-state index >= 15 is 0 Å². The van der Waals surface area contributed by atoms with Crippen LogP contribution in [0.2, 0.25) is 0 Å². The lowest BCUT2D eigenvalue weighted by Crippen LogP contribution is -2.14. The number of hydrogen-bond donors (Lipinski definition) is 0. The molecule has 1 aromatic carbocycles. The zero-order valence-corrected chi connectivity index (χ0v) is 13.0. The van der Waals surface area contributed by atoms with Crippen LogP contribution in [0.4, 0.5) is 20.3 Å². The van der Waals surface area contributed by atoms with Crippen molar-refractivity contribution < 1.29 is 13.5 Å². The number of hydrogen-bond acceptors (Lipinski definition) is 4. The number of nitrogens with zero attached hydrogens (tertiary/aromatic N) is 4. The minimum Gasteiger partial charge on any atom is -0.433 e. The zero-order valence-electron chi connectivity index (χ0n) is 13.0. The van der Waals surface area contributed by atoms with Gasteiger partial charge in [-0.2, -0.15) is 8.78 Å². The number of ether oxygens (including phenoxy) is 1. The smallest absolute Gasteiger partial charge is 0.387 e. The summed E-state index contributed by atoms with van der Waals surface area (Å²) in [4.78, 5) is 10.3. The first-order valence-electron chi connectivity index (χ1n) is 7.02. The third-order valence-corrected chi connectivity index (χ3v) is 3.63. The molecule has 0 aliphatic carbocycles. The Balaban J connectivity index is 2.04. The molecule has 3 rings (SSSR count). The van der Waals surface area contributed by atoms with Crippen LogP contribution in [0.1, 0.15) is 5.56 Å². The molecular formula is C16H16F2N4O. The van der Waals surface area contributed by atoms with E-state index < -0.39 is 6.61 Å². The van der Waals surface area contributed by atoms with Crippen LogP contribution in [0.25, 0.3) is 11.0 Å². The second-order valence-electron chi connectivity index (χ2n) is 5.30. The first-order chi connectivity index (χ1) is 11.0. The number of halogens is 2. The molecule has 0 unspecified atom stereocenters. The van der Waals surface area contributed by atoms with Gasteiger partial charge in [0.25, 0.3) is 0 Å². The monoisotopic (exact) mass is 318 g/mol. The fourth-order valence-corrected chi connectivity index (χ4v) is 2.42. The summed E-state index contributed by atoms with van der Waals surface area (Å²) in [5.74, 6) is 0.735. The van der Waals surface area contributed by atoms with Gasteiger partial charge in [-0.3, -0.25) is 0 Å². The molecule has 2 aromatic heterocycles. The molecule has 0 bridgehead atoms. The quantitative estimate of drug-likeness (QED) is 0.736. The minimum atomic E-state index is -2.88. The van der Waals surface area contributed by atoms with E-state index in [1.165, 1.54) is 0 Å². The molecule has 7 heteroatoms. The average Bonchev–Trinajstić information content (AvgIpc) is 2.87. The Labute approximate surface area is 132 Å². The first kappa shape index (κ1) is 15.2. The second-order valence-corrected chi connectivity index (χ2v) is 5.30. The van der Waals surface area contributed by atoms with Gasteiger partial charge in [0.05, 0.1) is 23.7 Å². The van der Waals surface area contributed by atoms with Gasteiger partial charge in [-0.1, -0.05) is 6.07 Å². The van der Waals surface area contributed by atoms with E-state index in [1.54, 1.807) is 36.6 Å². The van der Waals surface area contributed by atoms with Crippen LogP contribution < -0.4 is 9.64 Å². The summed E-state index contributed by atoms with van der Waals surface area (Å²) >= 11 is 0. The van der Waals surface area contributed by atoms with E-state index in [1.807, 2.05) is 30.7 Å². The van der Waals surface area contributed by atoms with Crippen LogP contribution in [-0.2, 0) is 7.05 Å². The summed E-state index contributed by atoms with van der Waals surface area (Å²) < 4.78 is 31.8. The summed E-state index contributed by atoms with van der Waals surface area (Å²) in [6.07, 6.45) is 3.36. The molecule has 0 amide bonds. The Kier molecular flexibility index (Phi) is 3.85. The largest absolute Gasteiger partial charge is 0.433 e. The lowest BCUT2D eigenvalue weighted by atomic mass is 10.2. The van der Waals surface area contributed by atoms with Gasteiger partial charge in [0.15, 0.2) is 0 Å². The number of aromatic nitrogens is 3. The predicted octanol–water partition coefficient (Wildman–Crippen LogP) is 3.65. The van der Waals surface area contributed by atoms with Gasteiger partial charge in [0.2, 0.25) is 0 Å². The Bertz CT molecular complexity index is 847. The Morgan fingerprint density at radius 2 is 2.00 bits per heavy atom. The van der Waals surface area contributed by atoms with Crippen molar-refractivity contribution >= 4 is 22.5 Å². The van der Waals surface area contributed by atoms with Crippen LogP contribution in [0.3, 0.4) is 0 Å². The van der Waals surface area contributed by atoms with E-state index in [-0.39, 0.29) is 5.75 Å². The Hall–Kier alpha value is -2.70. The van der Waals surface area contributed by atoms with Crippen molar-refractivity contribution in [2.75, 3.05) is 11.9 Å². The highest BCUT2D eigenvalue weighted by Gasteiger charge is 2.16. The number of rotatable bonds is 4. The lowest BCUT2D eigenvalue weighted by molar-refractivity contribution is -0.0494. The van der Waals surface area contributed by atoms with E-state index in [2.05, 4.69) is 14.7 Å². The summed E-state index contributed by atoms with van der Waals surface area (Å²) in [5, 5.41) is 0. The second kappa shape index (κ2) is 5.83. The van der Waals surface area contributed by atoms with Crippen LogP contribution in [0.15, 0.2) is 36.8 Å². The van der Waals surface area contributed by atoms with Gasteiger partial charge in [0, 0.05) is 20.2 Å². The molecule has 0 saturated carbocycles. The highest BCUT2D eigenvalue weighted by molar-refractivity contribution is 5.79. The van der Waals surface area contributed by atoms with Crippen LogP contribution in [0, 0.1) is 6.92 Å². The van der Waals surface area contributed by atoms with Crippen molar-refractivity contribution in [3.05, 3.63) is 42.4 Å². The highest BCUT2D eigenvalue weighted by atomic mass is 19.3. The lowest BCUT2D eigenvalue weighted by Gasteiger charge is -2.22. The maximum atomic E-state index is 12.6. The fraction of sp³-hybridized carbons (Fsp3) is 0.250. The van der Waals surface area contributed by atoms with Crippen molar-refractivity contribution in [3.63, 3.8) is 0 Å². The standard InChI is InChI=1S/C16H16F2N4O/c1-10-4-5-12(14(6-10)23-16(17)18)22(3)15-7-13-11(8-19-15)20-9-21(13)2/h4-9,16H,1-3H3. The van der Waals surface area contributed by atoms with Gasteiger partial charge in [-0.25, -0.2) is 9.97 Å². The van der Waals surface area contributed by atoms with Gasteiger partial charge in [-0.15, -0.1) is 0 Å². The predicted molar refractivity (Wildman–Crippen MR) is 84.4 cm³/mol. The Morgan fingerprint density at radius 1 is 1.22 bits per heavy atom. The normalized spacial score (nSPS) is 11.2. The molecular weight excluding hydrogens is 302 g/mol. The van der Waals surface area contributed by atoms with Gasteiger partial charge in [0.1, 0.15) is 17.1 Å². The molecule has 0 fully saturated rings. The first-order valence-corrected chi connectivity index (χ1v) is 7.02. The minimum absolute atomic E-state index is 0.120. The molecule has 0 spiro atoms. The molecule has 2 heterocycles. The molecule has 3 aromatic rings. The number of pyridine rings is 1. The molecule has 23 heavy (non-hydrogen) atoms. The van der Waals surface area contributed by atoms with E-state index in [0.717, 1.165) is 16.6 Å². The SMILES string of the molecule is Cc1ccc(N(C)c2cc3c(cn2)ncn3C)c(OC(F)F)c1. The summed E-state index contributed by atoms with van der Waals surface area (Å²) in [6.45, 7) is -1.06. The molecule has 120 valence electrons. The summed E-state index contributed by atoms with van der Waals surface area (Å²) in [6, 6.07) is 7.02. The Morgan fingerprint density at radius 3 is 2.74 bits per heavy atom.